The number of hydrogen-bond acceptors (Lipinski definition) is 4. The fourth-order valence-electron chi connectivity index (χ4n) is 2.17. The zero-order chi connectivity index (χ0) is 17.0. The van der Waals surface area contributed by atoms with Crippen molar-refractivity contribution in [2.45, 2.75) is 32.2 Å². The molecule has 1 unspecified atom stereocenters. The number of hydrogen-bond donors (Lipinski definition) is 2. The van der Waals surface area contributed by atoms with Crippen LogP contribution < -0.4 is 5.32 Å². The van der Waals surface area contributed by atoms with Crippen LogP contribution in [-0.4, -0.2) is 27.5 Å². The van der Waals surface area contributed by atoms with Gasteiger partial charge in [-0.2, -0.15) is 0 Å². The highest BCUT2D eigenvalue weighted by Gasteiger charge is 2.34. The molecule has 122 valence electrons. The van der Waals surface area contributed by atoms with Gasteiger partial charge in [0.2, 0.25) is 0 Å². The van der Waals surface area contributed by atoms with Crippen molar-refractivity contribution in [3.63, 3.8) is 0 Å². The van der Waals surface area contributed by atoms with Crippen LogP contribution in [-0.2, 0) is 4.79 Å². The van der Waals surface area contributed by atoms with Crippen LogP contribution in [0.4, 0.5) is 4.39 Å². The number of carboxylic acid groups (broad SMARTS) is 1. The molecule has 0 fully saturated rings. The van der Waals surface area contributed by atoms with Gasteiger partial charge < -0.3 is 10.4 Å². The Kier molecular flexibility index (Phi) is 5.10. The highest BCUT2D eigenvalue weighted by molar-refractivity contribution is 7.16. The van der Waals surface area contributed by atoms with E-state index in [1.165, 1.54) is 19.2 Å². The number of carbonyl (C=O) groups is 2. The molecule has 23 heavy (non-hydrogen) atoms. The number of rotatable bonds is 6. The van der Waals surface area contributed by atoms with Gasteiger partial charge in [0, 0.05) is 5.56 Å². The van der Waals surface area contributed by atoms with Crippen molar-refractivity contribution in [2.75, 3.05) is 0 Å². The Hall–Kier alpha value is -2.28. The second-order valence-corrected chi connectivity index (χ2v) is 6.38. The number of amides is 1. The van der Waals surface area contributed by atoms with E-state index in [2.05, 4.69) is 10.3 Å². The lowest BCUT2D eigenvalue weighted by Gasteiger charge is -2.25. The molecule has 1 aromatic carbocycles. The van der Waals surface area contributed by atoms with Crippen LogP contribution in [0.1, 0.15) is 36.4 Å². The standard InChI is InChI=1S/C16H17FN2O3S/c1-3-8-16(2,15(21)22)19-13(20)12-9-18-14(23-12)10-6-4-5-7-11(10)17/h4-7,9H,3,8H2,1-2H3,(H,19,20)(H,21,22). The third kappa shape index (κ3) is 3.73. The monoisotopic (exact) mass is 336 g/mol. The Morgan fingerprint density at radius 1 is 1.39 bits per heavy atom. The van der Waals surface area contributed by atoms with E-state index >= 15 is 0 Å². The molecule has 0 saturated heterocycles. The molecule has 7 heteroatoms. The maximum Gasteiger partial charge on any atom is 0.329 e. The minimum Gasteiger partial charge on any atom is -0.480 e. The zero-order valence-electron chi connectivity index (χ0n) is 12.8. The fourth-order valence-corrected chi connectivity index (χ4v) is 3.01. The summed E-state index contributed by atoms with van der Waals surface area (Å²) in [6.07, 6.45) is 2.26. The van der Waals surface area contributed by atoms with Crippen molar-refractivity contribution in [1.29, 1.82) is 0 Å². The molecule has 0 bridgehead atoms. The van der Waals surface area contributed by atoms with Gasteiger partial charge in [-0.15, -0.1) is 11.3 Å². The molecule has 1 heterocycles. The summed E-state index contributed by atoms with van der Waals surface area (Å²) in [5, 5.41) is 12.2. The van der Waals surface area contributed by atoms with Crippen LogP contribution >= 0.6 is 11.3 Å². The summed E-state index contributed by atoms with van der Waals surface area (Å²) in [6.45, 7) is 3.31. The predicted molar refractivity (Wildman–Crippen MR) is 85.9 cm³/mol. The predicted octanol–water partition coefficient (Wildman–Crippen LogP) is 3.32. The Labute approximate surface area is 137 Å². The molecule has 0 radical (unpaired) electrons. The number of carboxylic acids is 1. The summed E-state index contributed by atoms with van der Waals surface area (Å²) in [4.78, 5) is 27.9. The first-order valence-electron chi connectivity index (χ1n) is 7.14. The average molecular weight is 336 g/mol. The molecule has 1 aromatic heterocycles. The van der Waals surface area contributed by atoms with Crippen molar-refractivity contribution >= 4 is 23.2 Å². The number of halogens is 1. The average Bonchev–Trinajstić information content (AvgIpc) is 2.97. The summed E-state index contributed by atoms with van der Waals surface area (Å²) in [6, 6.07) is 6.15. The van der Waals surface area contributed by atoms with Gasteiger partial charge in [-0.1, -0.05) is 25.5 Å². The maximum atomic E-state index is 13.8. The minimum absolute atomic E-state index is 0.242. The second-order valence-electron chi connectivity index (χ2n) is 5.35. The molecular weight excluding hydrogens is 319 g/mol. The lowest BCUT2D eigenvalue weighted by atomic mass is 9.96. The quantitative estimate of drug-likeness (QED) is 0.848. The molecule has 0 spiro atoms. The van der Waals surface area contributed by atoms with Crippen molar-refractivity contribution < 1.29 is 19.1 Å². The summed E-state index contributed by atoms with van der Waals surface area (Å²) in [7, 11) is 0. The largest absolute Gasteiger partial charge is 0.480 e. The van der Waals surface area contributed by atoms with Crippen LogP contribution in [0.3, 0.4) is 0 Å². The van der Waals surface area contributed by atoms with Gasteiger partial charge in [-0.25, -0.2) is 14.2 Å². The first-order valence-corrected chi connectivity index (χ1v) is 7.95. The highest BCUT2D eigenvalue weighted by atomic mass is 32.1. The molecule has 2 rings (SSSR count). The van der Waals surface area contributed by atoms with E-state index in [0.29, 0.717) is 23.4 Å². The van der Waals surface area contributed by atoms with Crippen molar-refractivity contribution in [2.24, 2.45) is 0 Å². The van der Waals surface area contributed by atoms with Gasteiger partial charge in [0.1, 0.15) is 21.2 Å². The van der Waals surface area contributed by atoms with E-state index < -0.39 is 23.2 Å². The third-order valence-electron chi connectivity index (χ3n) is 3.45. The van der Waals surface area contributed by atoms with Crippen LogP contribution in [0.2, 0.25) is 0 Å². The molecule has 0 aliphatic rings. The van der Waals surface area contributed by atoms with Crippen molar-refractivity contribution in [3.8, 4) is 10.6 Å². The van der Waals surface area contributed by atoms with E-state index in [4.69, 9.17) is 0 Å². The molecule has 0 aliphatic heterocycles. The summed E-state index contributed by atoms with van der Waals surface area (Å²) >= 11 is 1.02. The van der Waals surface area contributed by atoms with Gasteiger partial charge in [-0.3, -0.25) is 4.79 Å². The molecule has 2 N–H and O–H groups in total. The Bertz CT molecular complexity index is 732. The van der Waals surface area contributed by atoms with Gasteiger partial charge in [0.25, 0.3) is 5.91 Å². The molecule has 5 nitrogen and oxygen atoms in total. The SMILES string of the molecule is CCCC(C)(NC(=O)c1cnc(-c2ccccc2F)s1)C(=O)O. The Balaban J connectivity index is 2.22. The van der Waals surface area contributed by atoms with Crippen LogP contribution in [0.5, 0.6) is 0 Å². The maximum absolute atomic E-state index is 13.8. The third-order valence-corrected chi connectivity index (χ3v) is 4.47. The first kappa shape index (κ1) is 17.1. The number of aromatic nitrogens is 1. The van der Waals surface area contributed by atoms with E-state index in [9.17, 15) is 19.1 Å². The van der Waals surface area contributed by atoms with E-state index in [-0.39, 0.29) is 4.88 Å². The number of nitrogens with zero attached hydrogens (tertiary/aromatic N) is 1. The van der Waals surface area contributed by atoms with Crippen molar-refractivity contribution in [1.82, 2.24) is 10.3 Å². The number of nitrogens with one attached hydrogen (secondary N) is 1. The van der Waals surface area contributed by atoms with Gasteiger partial charge in [0.15, 0.2) is 0 Å². The topological polar surface area (TPSA) is 79.3 Å². The molecule has 1 amide bonds. The van der Waals surface area contributed by atoms with E-state index in [1.54, 1.807) is 18.2 Å². The lowest BCUT2D eigenvalue weighted by Crippen LogP contribution is -2.51. The molecule has 0 aliphatic carbocycles. The molecular formula is C16H17FN2O3S. The summed E-state index contributed by atoms with van der Waals surface area (Å²) in [5.41, 5.74) is -1.03. The summed E-state index contributed by atoms with van der Waals surface area (Å²) in [5.74, 6) is -2.04. The lowest BCUT2D eigenvalue weighted by molar-refractivity contribution is -0.144. The van der Waals surface area contributed by atoms with E-state index in [0.717, 1.165) is 11.3 Å². The summed E-state index contributed by atoms with van der Waals surface area (Å²) < 4.78 is 13.8. The first-order chi connectivity index (χ1) is 10.9. The van der Waals surface area contributed by atoms with E-state index in [1.807, 2.05) is 6.92 Å². The van der Waals surface area contributed by atoms with Crippen LogP contribution in [0, 0.1) is 5.82 Å². The smallest absolute Gasteiger partial charge is 0.329 e. The molecule has 0 saturated carbocycles. The normalized spacial score (nSPS) is 13.3. The minimum atomic E-state index is -1.34. The highest BCUT2D eigenvalue weighted by Crippen LogP contribution is 2.27. The van der Waals surface area contributed by atoms with Crippen molar-refractivity contribution in [3.05, 3.63) is 41.2 Å². The Morgan fingerprint density at radius 3 is 2.70 bits per heavy atom. The van der Waals surface area contributed by atoms with Gasteiger partial charge >= 0.3 is 5.97 Å². The van der Waals surface area contributed by atoms with Crippen LogP contribution in [0.15, 0.2) is 30.5 Å². The number of thiazole rings is 1. The molecule has 2 aromatic rings. The molecule has 1 atom stereocenters. The second kappa shape index (κ2) is 6.87. The number of aliphatic carboxylic acids is 1. The van der Waals surface area contributed by atoms with Gasteiger partial charge in [0.05, 0.1) is 6.20 Å². The number of benzene rings is 1. The zero-order valence-corrected chi connectivity index (χ0v) is 13.6. The fraction of sp³-hybridized carbons (Fsp3) is 0.312. The number of carbonyl (C=O) groups excluding carboxylic acids is 1. The Morgan fingerprint density at radius 2 is 2.09 bits per heavy atom. The van der Waals surface area contributed by atoms with Gasteiger partial charge in [-0.05, 0) is 25.5 Å². The van der Waals surface area contributed by atoms with Crippen LogP contribution in [0.25, 0.3) is 10.6 Å².